The van der Waals surface area contributed by atoms with E-state index in [-0.39, 0.29) is 6.04 Å². The number of pyridine rings is 1. The van der Waals surface area contributed by atoms with Crippen LogP contribution in [0.25, 0.3) is 0 Å². The number of hydrogen-bond donors (Lipinski definition) is 0. The van der Waals surface area contributed by atoms with Gasteiger partial charge in [0.2, 0.25) is 0 Å². The van der Waals surface area contributed by atoms with Crippen LogP contribution >= 0.6 is 0 Å². The normalized spacial score (nSPS) is 11.9. The molecule has 0 N–H and O–H groups in total. The first-order valence-corrected chi connectivity index (χ1v) is 5.34. The zero-order valence-corrected chi connectivity index (χ0v) is 9.97. The number of ether oxygens (including phenoxy) is 1. The lowest BCUT2D eigenvalue weighted by Crippen LogP contribution is -2.36. The third-order valence-electron chi connectivity index (χ3n) is 2.47. The minimum Gasteiger partial charge on any atom is -0.383 e. The molecule has 0 amide bonds. The lowest BCUT2D eigenvalue weighted by atomic mass is 10.2. The van der Waals surface area contributed by atoms with Crippen molar-refractivity contribution >= 4 is 5.69 Å². The fourth-order valence-corrected chi connectivity index (χ4v) is 1.74. The van der Waals surface area contributed by atoms with E-state index in [0.29, 0.717) is 12.3 Å². The summed E-state index contributed by atoms with van der Waals surface area (Å²) in [6.45, 7) is 5.72. The maximum atomic E-state index is 8.80. The van der Waals surface area contributed by atoms with Crippen LogP contribution < -0.4 is 4.90 Å². The molecule has 1 aromatic heterocycles. The monoisotopic (exact) mass is 219 g/mol. The average Bonchev–Trinajstić information content (AvgIpc) is 2.31. The van der Waals surface area contributed by atoms with E-state index in [4.69, 9.17) is 10.00 Å². The van der Waals surface area contributed by atoms with Crippen LogP contribution in [0.4, 0.5) is 5.69 Å². The molecule has 4 heteroatoms. The number of nitriles is 1. The van der Waals surface area contributed by atoms with Gasteiger partial charge in [-0.05, 0) is 26.0 Å². The van der Waals surface area contributed by atoms with E-state index < -0.39 is 0 Å². The minimum atomic E-state index is 0.281. The van der Waals surface area contributed by atoms with Gasteiger partial charge in [0.25, 0.3) is 0 Å². The van der Waals surface area contributed by atoms with Crippen LogP contribution in [0.5, 0.6) is 0 Å². The maximum absolute atomic E-state index is 8.80. The van der Waals surface area contributed by atoms with E-state index in [2.05, 4.69) is 23.7 Å². The van der Waals surface area contributed by atoms with Crippen molar-refractivity contribution in [1.29, 1.82) is 5.26 Å². The summed E-state index contributed by atoms with van der Waals surface area (Å²) < 4.78 is 5.14. The van der Waals surface area contributed by atoms with Gasteiger partial charge in [0.05, 0.1) is 6.61 Å². The van der Waals surface area contributed by atoms with Gasteiger partial charge in [-0.1, -0.05) is 0 Å². The standard InChI is InChI=1S/C12H17N3O/c1-4-15(10(2)9-16-3)12-5-6-14-11(7-12)8-13/h5-7,10H,4,9H2,1-3H3. The molecule has 1 unspecified atom stereocenters. The highest BCUT2D eigenvalue weighted by Gasteiger charge is 2.12. The number of methoxy groups -OCH3 is 1. The highest BCUT2D eigenvalue weighted by Crippen LogP contribution is 2.17. The molecule has 86 valence electrons. The van der Waals surface area contributed by atoms with Gasteiger partial charge in [0.1, 0.15) is 11.8 Å². The fraction of sp³-hybridized carbons (Fsp3) is 0.500. The van der Waals surface area contributed by atoms with Crippen LogP contribution in [-0.4, -0.2) is 31.3 Å². The molecule has 16 heavy (non-hydrogen) atoms. The highest BCUT2D eigenvalue weighted by molar-refractivity contribution is 5.49. The molecule has 0 bridgehead atoms. The number of anilines is 1. The van der Waals surface area contributed by atoms with Crippen LogP contribution in [-0.2, 0) is 4.74 Å². The molecule has 0 saturated carbocycles. The Morgan fingerprint density at radius 2 is 2.38 bits per heavy atom. The second-order valence-electron chi connectivity index (χ2n) is 3.60. The van der Waals surface area contributed by atoms with Crippen molar-refractivity contribution in [3.05, 3.63) is 24.0 Å². The minimum absolute atomic E-state index is 0.281. The van der Waals surface area contributed by atoms with Gasteiger partial charge in [-0.15, -0.1) is 0 Å². The number of rotatable bonds is 5. The zero-order valence-electron chi connectivity index (χ0n) is 9.97. The van der Waals surface area contributed by atoms with Gasteiger partial charge in [0, 0.05) is 31.6 Å². The lowest BCUT2D eigenvalue weighted by Gasteiger charge is -2.29. The summed E-state index contributed by atoms with van der Waals surface area (Å²) in [5.74, 6) is 0. The summed E-state index contributed by atoms with van der Waals surface area (Å²) in [6, 6.07) is 6.04. The van der Waals surface area contributed by atoms with E-state index in [9.17, 15) is 0 Å². The topological polar surface area (TPSA) is 49.2 Å². The van der Waals surface area contributed by atoms with E-state index in [1.807, 2.05) is 12.1 Å². The molecular weight excluding hydrogens is 202 g/mol. The fourth-order valence-electron chi connectivity index (χ4n) is 1.74. The molecule has 1 rings (SSSR count). The Hall–Kier alpha value is -1.60. The highest BCUT2D eigenvalue weighted by atomic mass is 16.5. The Bertz CT molecular complexity index is 373. The summed E-state index contributed by atoms with van der Waals surface area (Å²) in [6.07, 6.45) is 1.66. The molecule has 0 aliphatic carbocycles. The Morgan fingerprint density at radius 1 is 1.62 bits per heavy atom. The molecule has 1 aromatic rings. The molecule has 0 fully saturated rings. The summed E-state index contributed by atoms with van der Waals surface area (Å²) in [7, 11) is 1.69. The van der Waals surface area contributed by atoms with Crippen molar-refractivity contribution in [2.75, 3.05) is 25.2 Å². The molecule has 0 spiro atoms. The van der Waals surface area contributed by atoms with Gasteiger partial charge in [-0.3, -0.25) is 0 Å². The molecule has 0 aliphatic rings. The number of likely N-dealkylation sites (N-methyl/N-ethyl adjacent to an activating group) is 1. The van der Waals surface area contributed by atoms with Gasteiger partial charge in [0.15, 0.2) is 0 Å². The van der Waals surface area contributed by atoms with Crippen LogP contribution in [0.3, 0.4) is 0 Å². The number of aromatic nitrogens is 1. The largest absolute Gasteiger partial charge is 0.383 e. The van der Waals surface area contributed by atoms with Gasteiger partial charge in [-0.25, -0.2) is 4.98 Å². The molecule has 0 aromatic carbocycles. The van der Waals surface area contributed by atoms with Crippen molar-refractivity contribution in [3.8, 4) is 6.07 Å². The van der Waals surface area contributed by atoms with Crippen molar-refractivity contribution in [3.63, 3.8) is 0 Å². The predicted octanol–water partition coefficient (Wildman–Crippen LogP) is 1.81. The second kappa shape index (κ2) is 6.09. The third kappa shape index (κ3) is 2.94. The van der Waals surface area contributed by atoms with Gasteiger partial charge >= 0.3 is 0 Å². The molecule has 4 nitrogen and oxygen atoms in total. The second-order valence-corrected chi connectivity index (χ2v) is 3.60. The van der Waals surface area contributed by atoms with Crippen LogP contribution in [0.2, 0.25) is 0 Å². The zero-order chi connectivity index (χ0) is 12.0. The average molecular weight is 219 g/mol. The van der Waals surface area contributed by atoms with Gasteiger partial charge < -0.3 is 9.64 Å². The molecule has 1 atom stereocenters. The van der Waals surface area contributed by atoms with Crippen molar-refractivity contribution in [2.45, 2.75) is 19.9 Å². The number of nitrogens with zero attached hydrogens (tertiary/aromatic N) is 3. The van der Waals surface area contributed by atoms with E-state index in [1.165, 1.54) is 0 Å². The Kier molecular flexibility index (Phi) is 4.74. The van der Waals surface area contributed by atoms with Crippen molar-refractivity contribution in [2.24, 2.45) is 0 Å². The Labute approximate surface area is 96.5 Å². The molecular formula is C12H17N3O. The summed E-state index contributed by atoms with van der Waals surface area (Å²) in [5, 5.41) is 8.80. The van der Waals surface area contributed by atoms with Gasteiger partial charge in [-0.2, -0.15) is 5.26 Å². The van der Waals surface area contributed by atoms with Crippen LogP contribution in [0, 0.1) is 11.3 Å². The first-order valence-electron chi connectivity index (χ1n) is 5.34. The molecule has 1 heterocycles. The SMILES string of the molecule is CCN(c1ccnc(C#N)c1)C(C)COC. The van der Waals surface area contributed by atoms with E-state index in [1.54, 1.807) is 19.4 Å². The summed E-state index contributed by atoms with van der Waals surface area (Å²) in [4.78, 5) is 6.15. The van der Waals surface area contributed by atoms with Crippen LogP contribution in [0.1, 0.15) is 19.5 Å². The quantitative estimate of drug-likeness (QED) is 0.758. The van der Waals surface area contributed by atoms with E-state index >= 15 is 0 Å². The summed E-state index contributed by atoms with van der Waals surface area (Å²) >= 11 is 0. The maximum Gasteiger partial charge on any atom is 0.142 e. The number of hydrogen-bond acceptors (Lipinski definition) is 4. The lowest BCUT2D eigenvalue weighted by molar-refractivity contribution is 0.182. The molecule has 0 aliphatic heterocycles. The van der Waals surface area contributed by atoms with Crippen molar-refractivity contribution in [1.82, 2.24) is 4.98 Å². The molecule has 0 radical (unpaired) electrons. The van der Waals surface area contributed by atoms with Crippen molar-refractivity contribution < 1.29 is 4.74 Å². The predicted molar refractivity (Wildman–Crippen MR) is 63.3 cm³/mol. The first-order chi connectivity index (χ1) is 7.72. The third-order valence-corrected chi connectivity index (χ3v) is 2.47. The smallest absolute Gasteiger partial charge is 0.142 e. The Morgan fingerprint density at radius 3 is 2.94 bits per heavy atom. The Balaban J connectivity index is 2.90. The van der Waals surface area contributed by atoms with E-state index in [0.717, 1.165) is 12.2 Å². The first kappa shape index (κ1) is 12.5. The molecule has 0 saturated heterocycles. The van der Waals surface area contributed by atoms with Crippen LogP contribution in [0.15, 0.2) is 18.3 Å². The summed E-state index contributed by atoms with van der Waals surface area (Å²) in [5.41, 5.74) is 1.46.